The zero-order chi connectivity index (χ0) is 16.9. The number of aromatic nitrogens is 2. The van der Waals surface area contributed by atoms with E-state index in [-0.39, 0.29) is 23.5 Å². The molecule has 6 nitrogen and oxygen atoms in total. The van der Waals surface area contributed by atoms with E-state index < -0.39 is 0 Å². The monoisotopic (exact) mass is 322 g/mol. The minimum atomic E-state index is -0.216. The summed E-state index contributed by atoms with van der Waals surface area (Å²) in [7, 11) is 1.42. The molecule has 122 valence electrons. The third kappa shape index (κ3) is 3.35. The van der Waals surface area contributed by atoms with Crippen molar-refractivity contribution in [3.63, 3.8) is 0 Å². The van der Waals surface area contributed by atoms with Gasteiger partial charge in [-0.3, -0.25) is 4.79 Å². The first-order chi connectivity index (χ1) is 11.7. The summed E-state index contributed by atoms with van der Waals surface area (Å²) in [5.74, 6) is 0.457. The number of carbonyl (C=O) groups excluding carboxylic acids is 1. The van der Waals surface area contributed by atoms with Gasteiger partial charge in [0, 0.05) is 19.0 Å². The van der Waals surface area contributed by atoms with Crippen LogP contribution in [0.25, 0.3) is 0 Å². The van der Waals surface area contributed by atoms with E-state index in [0.29, 0.717) is 12.4 Å². The Morgan fingerprint density at radius 3 is 2.62 bits per heavy atom. The number of anilines is 1. The van der Waals surface area contributed by atoms with Crippen LogP contribution in [0.1, 0.15) is 23.6 Å². The Morgan fingerprint density at radius 1 is 1.21 bits per heavy atom. The average Bonchev–Trinajstić information content (AvgIpc) is 2.67. The number of methoxy groups -OCH3 is 1. The molecular formula is C18H18N4O2. The molecule has 2 aromatic rings. The molecule has 1 saturated heterocycles. The van der Waals surface area contributed by atoms with Crippen LogP contribution in [0, 0.1) is 17.2 Å². The van der Waals surface area contributed by atoms with E-state index >= 15 is 0 Å². The van der Waals surface area contributed by atoms with Crippen LogP contribution in [0.15, 0.2) is 42.5 Å². The summed E-state index contributed by atoms with van der Waals surface area (Å²) < 4.78 is 4.95. The van der Waals surface area contributed by atoms with Crippen LogP contribution in [0.4, 0.5) is 5.82 Å². The summed E-state index contributed by atoms with van der Waals surface area (Å²) in [4.78, 5) is 14.1. The Kier molecular flexibility index (Phi) is 4.71. The Morgan fingerprint density at radius 2 is 2.00 bits per heavy atom. The number of rotatable bonds is 3. The lowest BCUT2D eigenvalue weighted by Gasteiger charge is -2.37. The fraction of sp³-hybridized carbons (Fsp3) is 0.333. The third-order valence-corrected chi connectivity index (χ3v) is 4.35. The van der Waals surface area contributed by atoms with Crippen molar-refractivity contribution in [1.82, 2.24) is 10.2 Å². The van der Waals surface area contributed by atoms with Crippen LogP contribution in [0.3, 0.4) is 0 Å². The first kappa shape index (κ1) is 15.9. The predicted octanol–water partition coefficient (Wildman–Crippen LogP) is 2.13. The maximum Gasteiger partial charge on any atom is 0.310 e. The van der Waals surface area contributed by atoms with Gasteiger partial charge in [-0.2, -0.15) is 5.26 Å². The average molecular weight is 322 g/mol. The number of benzene rings is 1. The van der Waals surface area contributed by atoms with Crippen LogP contribution >= 0.6 is 0 Å². The predicted molar refractivity (Wildman–Crippen MR) is 88.3 cm³/mol. The number of nitriles is 1. The van der Waals surface area contributed by atoms with E-state index in [1.54, 1.807) is 12.1 Å². The van der Waals surface area contributed by atoms with Gasteiger partial charge in [0.25, 0.3) is 0 Å². The number of piperidine rings is 1. The highest BCUT2D eigenvalue weighted by atomic mass is 16.5. The van der Waals surface area contributed by atoms with Gasteiger partial charge in [-0.25, -0.2) is 0 Å². The van der Waals surface area contributed by atoms with Gasteiger partial charge in [0.05, 0.1) is 13.0 Å². The lowest BCUT2D eigenvalue weighted by Crippen LogP contribution is -2.43. The number of hydrogen-bond donors (Lipinski definition) is 0. The molecule has 2 unspecified atom stereocenters. The lowest BCUT2D eigenvalue weighted by atomic mass is 9.84. The Hall–Kier alpha value is -2.94. The third-order valence-electron chi connectivity index (χ3n) is 4.35. The summed E-state index contributed by atoms with van der Waals surface area (Å²) in [6.07, 6.45) is 0.747. The van der Waals surface area contributed by atoms with E-state index in [4.69, 9.17) is 10.00 Å². The van der Waals surface area contributed by atoms with Gasteiger partial charge in [-0.05, 0) is 24.1 Å². The zero-order valence-corrected chi connectivity index (χ0v) is 13.4. The number of esters is 1. The molecule has 3 rings (SSSR count). The number of hydrogen-bond acceptors (Lipinski definition) is 6. The van der Waals surface area contributed by atoms with Gasteiger partial charge in [-0.1, -0.05) is 30.3 Å². The van der Waals surface area contributed by atoms with E-state index in [1.165, 1.54) is 12.7 Å². The van der Waals surface area contributed by atoms with Crippen molar-refractivity contribution in [2.24, 2.45) is 5.92 Å². The fourth-order valence-corrected chi connectivity index (χ4v) is 3.14. The van der Waals surface area contributed by atoms with Crippen molar-refractivity contribution in [3.05, 3.63) is 53.7 Å². The summed E-state index contributed by atoms with van der Waals surface area (Å²) in [5, 5.41) is 16.9. The Labute approximate surface area is 140 Å². The van der Waals surface area contributed by atoms with Crippen LogP contribution < -0.4 is 4.90 Å². The minimum absolute atomic E-state index is 0.206. The second kappa shape index (κ2) is 7.09. The van der Waals surface area contributed by atoms with Crippen LogP contribution in [-0.4, -0.2) is 36.4 Å². The van der Waals surface area contributed by atoms with E-state index in [1.807, 2.05) is 29.2 Å². The second-order valence-electron chi connectivity index (χ2n) is 5.86. The maximum atomic E-state index is 12.1. The maximum absolute atomic E-state index is 12.1. The van der Waals surface area contributed by atoms with E-state index in [0.717, 1.165) is 13.0 Å². The second-order valence-corrected chi connectivity index (χ2v) is 5.86. The number of ether oxygens (including phenoxy) is 1. The molecule has 1 aromatic heterocycles. The molecule has 0 spiro atoms. The van der Waals surface area contributed by atoms with Gasteiger partial charge in [-0.15, -0.1) is 10.2 Å². The first-order valence-electron chi connectivity index (χ1n) is 7.83. The quantitative estimate of drug-likeness (QED) is 0.806. The molecule has 0 aliphatic carbocycles. The number of carbonyl (C=O) groups is 1. The molecular weight excluding hydrogens is 304 g/mol. The van der Waals surface area contributed by atoms with Crippen molar-refractivity contribution in [2.45, 2.75) is 12.3 Å². The molecule has 1 aliphatic rings. The molecule has 0 bridgehead atoms. The van der Waals surface area contributed by atoms with Crippen molar-refractivity contribution >= 4 is 11.8 Å². The van der Waals surface area contributed by atoms with Gasteiger partial charge in [0.1, 0.15) is 6.07 Å². The van der Waals surface area contributed by atoms with Gasteiger partial charge in [0.2, 0.25) is 0 Å². The standard InChI is InChI=1S/C18H18N4O2/c1-24-18(23)15-9-14(13-5-3-2-4-6-13)11-22(12-15)17-8-7-16(10-19)20-21-17/h2-8,14-15H,9,11-12H2,1H3. The molecule has 1 aromatic carbocycles. The molecule has 2 atom stereocenters. The summed E-state index contributed by atoms with van der Waals surface area (Å²) in [6.45, 7) is 1.29. The SMILES string of the molecule is COC(=O)C1CC(c2ccccc2)CN(c2ccc(C#N)nn2)C1. The molecule has 2 heterocycles. The smallest absolute Gasteiger partial charge is 0.310 e. The van der Waals surface area contributed by atoms with Gasteiger partial charge >= 0.3 is 5.97 Å². The van der Waals surface area contributed by atoms with Gasteiger partial charge < -0.3 is 9.64 Å². The van der Waals surface area contributed by atoms with E-state index in [9.17, 15) is 4.79 Å². The summed E-state index contributed by atoms with van der Waals surface area (Å²) in [5.41, 5.74) is 1.47. The summed E-state index contributed by atoms with van der Waals surface area (Å²) in [6, 6.07) is 15.5. The van der Waals surface area contributed by atoms with Crippen molar-refractivity contribution in [1.29, 1.82) is 5.26 Å². The Balaban J connectivity index is 1.87. The fourth-order valence-electron chi connectivity index (χ4n) is 3.14. The molecule has 1 aliphatic heterocycles. The minimum Gasteiger partial charge on any atom is -0.469 e. The summed E-state index contributed by atoms with van der Waals surface area (Å²) >= 11 is 0. The molecule has 0 amide bonds. The lowest BCUT2D eigenvalue weighted by molar-refractivity contribution is -0.145. The molecule has 1 fully saturated rings. The van der Waals surface area contributed by atoms with Crippen LogP contribution in [0.2, 0.25) is 0 Å². The molecule has 0 saturated carbocycles. The van der Waals surface area contributed by atoms with Crippen molar-refractivity contribution in [2.75, 3.05) is 25.1 Å². The zero-order valence-electron chi connectivity index (χ0n) is 13.4. The van der Waals surface area contributed by atoms with Crippen molar-refractivity contribution < 1.29 is 9.53 Å². The highest BCUT2D eigenvalue weighted by Gasteiger charge is 2.33. The molecule has 0 radical (unpaired) electrons. The highest BCUT2D eigenvalue weighted by molar-refractivity contribution is 5.73. The number of nitrogens with zero attached hydrogens (tertiary/aromatic N) is 4. The van der Waals surface area contributed by atoms with Crippen molar-refractivity contribution in [3.8, 4) is 6.07 Å². The Bertz CT molecular complexity index is 740. The molecule has 0 N–H and O–H groups in total. The largest absolute Gasteiger partial charge is 0.469 e. The first-order valence-corrected chi connectivity index (χ1v) is 7.83. The van der Waals surface area contributed by atoms with Crippen LogP contribution in [-0.2, 0) is 9.53 Å². The van der Waals surface area contributed by atoms with Gasteiger partial charge in [0.15, 0.2) is 11.5 Å². The normalized spacial score (nSPS) is 20.2. The van der Waals surface area contributed by atoms with E-state index in [2.05, 4.69) is 22.3 Å². The molecule has 6 heteroatoms. The topological polar surface area (TPSA) is 79.1 Å². The highest BCUT2D eigenvalue weighted by Crippen LogP contribution is 2.32. The molecule has 24 heavy (non-hydrogen) atoms. The van der Waals surface area contributed by atoms with Crippen LogP contribution in [0.5, 0.6) is 0 Å².